The number of aliphatic carboxylic acids is 1. The normalized spacial score (nSPS) is 25.6. The number of benzene rings is 2. The van der Waals surface area contributed by atoms with Gasteiger partial charge in [0.1, 0.15) is 18.1 Å². The third-order valence-electron chi connectivity index (χ3n) is 7.88. The lowest BCUT2D eigenvalue weighted by molar-refractivity contribution is -0.150. The highest BCUT2D eigenvalue weighted by molar-refractivity contribution is 5.71. The minimum absolute atomic E-state index is 0.122. The van der Waals surface area contributed by atoms with Crippen molar-refractivity contribution in [1.29, 1.82) is 0 Å². The van der Waals surface area contributed by atoms with Crippen LogP contribution in [0.3, 0.4) is 0 Å². The van der Waals surface area contributed by atoms with Crippen molar-refractivity contribution in [2.24, 2.45) is 17.3 Å². The van der Waals surface area contributed by atoms with E-state index in [0.29, 0.717) is 18.1 Å². The number of hydrogen-bond donors (Lipinski definition) is 1. The molecule has 2 aromatic carbocycles. The van der Waals surface area contributed by atoms with E-state index < -0.39 is 5.97 Å². The van der Waals surface area contributed by atoms with Crippen LogP contribution in [0, 0.1) is 17.3 Å². The van der Waals surface area contributed by atoms with Gasteiger partial charge in [0.2, 0.25) is 0 Å². The summed E-state index contributed by atoms with van der Waals surface area (Å²) in [6.07, 6.45) is 6.50. The van der Waals surface area contributed by atoms with Crippen molar-refractivity contribution in [3.8, 4) is 11.5 Å². The van der Waals surface area contributed by atoms with Crippen LogP contribution in [0.2, 0.25) is 0 Å². The van der Waals surface area contributed by atoms with Crippen LogP contribution in [-0.4, -0.2) is 41.7 Å². The summed E-state index contributed by atoms with van der Waals surface area (Å²) >= 11 is 0. The second-order valence-corrected chi connectivity index (χ2v) is 10.5. The summed E-state index contributed by atoms with van der Waals surface area (Å²) in [6.45, 7) is 3.61. The van der Waals surface area contributed by atoms with Crippen molar-refractivity contribution < 1.29 is 19.4 Å². The zero-order valence-corrected chi connectivity index (χ0v) is 18.5. The Kier molecular flexibility index (Phi) is 4.90. The minimum atomic E-state index is -0.630. The fraction of sp³-hybridized carbons (Fsp3) is 0.519. The molecule has 5 heteroatoms. The lowest BCUT2D eigenvalue weighted by atomic mass is 9.71. The van der Waals surface area contributed by atoms with E-state index in [9.17, 15) is 4.79 Å². The molecule has 6 rings (SSSR count). The van der Waals surface area contributed by atoms with Crippen molar-refractivity contribution in [2.75, 3.05) is 19.7 Å². The Morgan fingerprint density at radius 2 is 1.69 bits per heavy atom. The molecule has 2 saturated carbocycles. The predicted octanol–water partition coefficient (Wildman–Crippen LogP) is 4.32. The third kappa shape index (κ3) is 3.99. The fourth-order valence-electron chi connectivity index (χ4n) is 5.63. The highest BCUT2D eigenvalue weighted by Gasteiger charge is 2.51. The van der Waals surface area contributed by atoms with E-state index >= 15 is 0 Å². The number of ether oxygens (including phenoxy) is 2. The van der Waals surface area contributed by atoms with E-state index in [-0.39, 0.29) is 5.92 Å². The fourth-order valence-corrected chi connectivity index (χ4v) is 5.63. The van der Waals surface area contributed by atoms with Gasteiger partial charge in [0.15, 0.2) is 0 Å². The molecular weight excluding hydrogens is 402 g/mol. The molecule has 168 valence electrons. The second kappa shape index (κ2) is 7.80. The average Bonchev–Trinajstić information content (AvgIpc) is 3.47. The summed E-state index contributed by atoms with van der Waals surface area (Å²) in [5.74, 6) is 1.90. The Hall–Kier alpha value is -2.53. The first-order chi connectivity index (χ1) is 15.6. The summed E-state index contributed by atoms with van der Waals surface area (Å²) in [5.41, 5.74) is 4.37. The molecule has 32 heavy (non-hydrogen) atoms. The SMILES string of the molecule is O=C(O)C1CC(N2CC3(Cc4ccc(OCc5ccc(OCC6CC6)cc5)cc4C3)C2)C1. The first-order valence-corrected chi connectivity index (χ1v) is 12.0. The van der Waals surface area contributed by atoms with E-state index in [4.69, 9.17) is 14.6 Å². The quantitative estimate of drug-likeness (QED) is 0.672. The molecule has 0 aromatic heterocycles. The van der Waals surface area contributed by atoms with Crippen molar-refractivity contribution in [3.63, 3.8) is 0 Å². The molecule has 2 aromatic rings. The zero-order valence-electron chi connectivity index (χ0n) is 18.5. The van der Waals surface area contributed by atoms with Crippen LogP contribution in [0.5, 0.6) is 11.5 Å². The molecule has 1 aliphatic heterocycles. The number of carbonyl (C=O) groups is 1. The Morgan fingerprint density at radius 1 is 0.969 bits per heavy atom. The smallest absolute Gasteiger partial charge is 0.306 e. The Morgan fingerprint density at radius 3 is 2.41 bits per heavy atom. The summed E-state index contributed by atoms with van der Waals surface area (Å²) in [6, 6.07) is 15.3. The van der Waals surface area contributed by atoms with E-state index in [1.54, 1.807) is 0 Å². The van der Waals surface area contributed by atoms with E-state index in [0.717, 1.165) is 68.4 Å². The molecule has 0 amide bonds. The molecule has 0 unspecified atom stereocenters. The molecule has 5 nitrogen and oxygen atoms in total. The maximum absolute atomic E-state index is 11.1. The van der Waals surface area contributed by atoms with Crippen LogP contribution < -0.4 is 9.47 Å². The molecule has 0 atom stereocenters. The molecule has 0 bridgehead atoms. The summed E-state index contributed by atoms with van der Waals surface area (Å²) < 4.78 is 11.9. The molecule has 3 aliphatic carbocycles. The van der Waals surface area contributed by atoms with Gasteiger partial charge in [-0.3, -0.25) is 9.69 Å². The average molecular weight is 434 g/mol. The van der Waals surface area contributed by atoms with Gasteiger partial charge >= 0.3 is 5.97 Å². The van der Waals surface area contributed by atoms with Crippen LogP contribution >= 0.6 is 0 Å². The molecule has 1 spiro atoms. The molecule has 1 saturated heterocycles. The van der Waals surface area contributed by atoms with E-state index in [2.05, 4.69) is 35.2 Å². The number of nitrogens with zero attached hydrogens (tertiary/aromatic N) is 1. The van der Waals surface area contributed by atoms with Crippen LogP contribution in [-0.2, 0) is 24.2 Å². The largest absolute Gasteiger partial charge is 0.493 e. The topological polar surface area (TPSA) is 59.0 Å². The van der Waals surface area contributed by atoms with E-state index in [1.165, 1.54) is 24.0 Å². The van der Waals surface area contributed by atoms with Crippen LogP contribution in [0.15, 0.2) is 42.5 Å². The summed E-state index contributed by atoms with van der Waals surface area (Å²) in [4.78, 5) is 13.6. The highest BCUT2D eigenvalue weighted by Crippen LogP contribution is 2.48. The van der Waals surface area contributed by atoms with Crippen molar-refractivity contribution >= 4 is 5.97 Å². The number of fused-ring (bicyclic) bond motifs is 1. The Balaban J connectivity index is 0.999. The first kappa shape index (κ1) is 20.1. The minimum Gasteiger partial charge on any atom is -0.493 e. The Labute approximate surface area is 189 Å². The van der Waals surface area contributed by atoms with Gasteiger partial charge in [0.05, 0.1) is 12.5 Å². The molecule has 4 aliphatic rings. The second-order valence-electron chi connectivity index (χ2n) is 10.5. The number of carboxylic acids is 1. The van der Waals surface area contributed by atoms with Crippen molar-refractivity contribution in [3.05, 3.63) is 59.2 Å². The molecule has 1 heterocycles. The number of hydrogen-bond acceptors (Lipinski definition) is 4. The number of carboxylic acid groups (broad SMARTS) is 1. The van der Waals surface area contributed by atoms with Gasteiger partial charge in [-0.15, -0.1) is 0 Å². The molecule has 0 radical (unpaired) electrons. The van der Waals surface area contributed by atoms with Crippen molar-refractivity contribution in [2.45, 2.75) is 51.2 Å². The first-order valence-electron chi connectivity index (χ1n) is 12.0. The third-order valence-corrected chi connectivity index (χ3v) is 7.88. The highest BCUT2D eigenvalue weighted by atomic mass is 16.5. The van der Waals surface area contributed by atoms with Gasteiger partial charge in [0.25, 0.3) is 0 Å². The lowest BCUT2D eigenvalue weighted by Crippen LogP contribution is -2.63. The van der Waals surface area contributed by atoms with Crippen LogP contribution in [0.4, 0.5) is 0 Å². The lowest BCUT2D eigenvalue weighted by Gasteiger charge is -2.55. The van der Waals surface area contributed by atoms with Gasteiger partial charge in [-0.2, -0.15) is 0 Å². The maximum Gasteiger partial charge on any atom is 0.306 e. The van der Waals surface area contributed by atoms with Gasteiger partial charge in [-0.25, -0.2) is 0 Å². The standard InChI is InChI=1S/C27H31NO4/c29-26(30)21-9-23(10-21)28-16-27(17-28)12-20-5-8-25(11-22(20)13-27)32-15-19-3-6-24(7-4-19)31-14-18-1-2-18/h3-8,11,18,21,23H,1-2,9-10,12-17H2,(H,29,30). The monoisotopic (exact) mass is 433 g/mol. The molecular formula is C27H31NO4. The van der Waals surface area contributed by atoms with Crippen LogP contribution in [0.25, 0.3) is 0 Å². The van der Waals surface area contributed by atoms with Crippen LogP contribution in [0.1, 0.15) is 42.4 Å². The number of likely N-dealkylation sites (tertiary alicyclic amines) is 1. The van der Waals surface area contributed by atoms with Gasteiger partial charge < -0.3 is 14.6 Å². The molecule has 1 N–H and O–H groups in total. The summed E-state index contributed by atoms with van der Waals surface area (Å²) in [7, 11) is 0. The van der Waals surface area contributed by atoms with Gasteiger partial charge in [-0.1, -0.05) is 18.2 Å². The summed E-state index contributed by atoms with van der Waals surface area (Å²) in [5, 5.41) is 9.11. The van der Waals surface area contributed by atoms with E-state index in [1.807, 2.05) is 12.1 Å². The zero-order chi connectivity index (χ0) is 21.7. The van der Waals surface area contributed by atoms with Gasteiger partial charge in [-0.05, 0) is 85.4 Å². The predicted molar refractivity (Wildman–Crippen MR) is 121 cm³/mol. The maximum atomic E-state index is 11.1. The Bertz CT molecular complexity index is 1000. The number of rotatable bonds is 8. The van der Waals surface area contributed by atoms with Crippen molar-refractivity contribution in [1.82, 2.24) is 4.90 Å². The molecule has 3 fully saturated rings. The van der Waals surface area contributed by atoms with Gasteiger partial charge in [0, 0.05) is 24.5 Å².